The number of likely N-dealkylation sites (N-methyl/N-ethyl adjacent to an activating group) is 1. The van der Waals surface area contributed by atoms with E-state index < -0.39 is 28.0 Å². The Hall–Kier alpha value is -1.45. The van der Waals surface area contributed by atoms with Crippen molar-refractivity contribution in [2.75, 3.05) is 20.3 Å². The molecule has 0 amide bonds. The molecule has 1 fully saturated rings. The number of carbonyl (C=O) groups is 1. The van der Waals surface area contributed by atoms with Crippen LogP contribution in [0.15, 0.2) is 4.90 Å². The summed E-state index contributed by atoms with van der Waals surface area (Å²) in [4.78, 5) is 11.3. The summed E-state index contributed by atoms with van der Waals surface area (Å²) in [6, 6.07) is -0.716. The van der Waals surface area contributed by atoms with Gasteiger partial charge in [0, 0.05) is 14.1 Å². The fourth-order valence-corrected chi connectivity index (χ4v) is 4.36. The maximum Gasteiger partial charge on any atom is 0.310 e. The molecular weight excluding hydrogens is 298 g/mol. The maximum atomic E-state index is 12.8. The second-order valence-electron chi connectivity index (χ2n) is 5.19. The first-order chi connectivity index (χ1) is 9.67. The first-order valence-electron chi connectivity index (χ1n) is 6.46. The van der Waals surface area contributed by atoms with Crippen molar-refractivity contribution in [2.24, 2.45) is 13.0 Å². The topological polar surface area (TPSA) is 102 Å². The summed E-state index contributed by atoms with van der Waals surface area (Å²) < 4.78 is 33.3. The van der Waals surface area contributed by atoms with Gasteiger partial charge in [0.15, 0.2) is 0 Å². The lowest BCUT2D eigenvalue weighted by Gasteiger charge is -2.25. The minimum absolute atomic E-state index is 0.0187. The molecular formula is C12H19N3O5S. The van der Waals surface area contributed by atoms with E-state index in [4.69, 9.17) is 9.84 Å². The Bertz CT molecular complexity index is 667. The predicted molar refractivity (Wildman–Crippen MR) is 73.4 cm³/mol. The first kappa shape index (κ1) is 15.9. The number of hydrogen-bond donors (Lipinski definition) is 1. The molecule has 1 aliphatic rings. The van der Waals surface area contributed by atoms with Crippen LogP contribution in [0.25, 0.3) is 0 Å². The van der Waals surface area contributed by atoms with Gasteiger partial charge < -0.3 is 9.84 Å². The quantitative estimate of drug-likeness (QED) is 0.822. The van der Waals surface area contributed by atoms with Crippen LogP contribution in [0.3, 0.4) is 0 Å². The van der Waals surface area contributed by atoms with Crippen molar-refractivity contribution in [3.63, 3.8) is 0 Å². The lowest BCUT2D eigenvalue weighted by molar-refractivity contribution is -0.142. The Labute approximate surface area is 123 Å². The summed E-state index contributed by atoms with van der Waals surface area (Å²) in [5.41, 5.74) is 0.915. The average molecular weight is 317 g/mol. The molecule has 2 atom stereocenters. The van der Waals surface area contributed by atoms with E-state index in [1.807, 2.05) is 0 Å². The molecule has 1 N–H and O–H groups in total. The van der Waals surface area contributed by atoms with Crippen LogP contribution < -0.4 is 0 Å². The van der Waals surface area contributed by atoms with E-state index in [9.17, 15) is 13.2 Å². The number of aromatic nitrogens is 2. The summed E-state index contributed by atoms with van der Waals surface area (Å²) in [6.45, 7) is 3.38. The molecule has 0 saturated carbocycles. The molecule has 0 bridgehead atoms. The third-order valence-corrected chi connectivity index (χ3v) is 6.05. The predicted octanol–water partition coefficient (Wildman–Crippen LogP) is -0.243. The van der Waals surface area contributed by atoms with Crippen LogP contribution >= 0.6 is 0 Å². The van der Waals surface area contributed by atoms with Crippen LogP contribution in [0.2, 0.25) is 0 Å². The van der Waals surface area contributed by atoms with Crippen LogP contribution in [0.4, 0.5) is 0 Å². The molecule has 0 aliphatic carbocycles. The Balaban J connectivity index is 2.42. The summed E-state index contributed by atoms with van der Waals surface area (Å²) >= 11 is 0. The maximum absolute atomic E-state index is 12.8. The molecule has 21 heavy (non-hydrogen) atoms. The lowest BCUT2D eigenvalue weighted by Crippen LogP contribution is -2.44. The highest BCUT2D eigenvalue weighted by atomic mass is 32.2. The molecule has 1 aromatic heterocycles. The SMILES string of the molecule is Cc1nn(C)c(C)c1S(=O)(=O)N(C)C1COCC1C(=O)O. The summed E-state index contributed by atoms with van der Waals surface area (Å²) in [5.74, 6) is -1.92. The second-order valence-corrected chi connectivity index (χ2v) is 7.13. The van der Waals surface area contributed by atoms with Crippen LogP contribution in [0.1, 0.15) is 11.4 Å². The zero-order chi connectivity index (χ0) is 15.9. The molecule has 0 spiro atoms. The number of aryl methyl sites for hydroxylation is 2. The van der Waals surface area contributed by atoms with Gasteiger partial charge >= 0.3 is 5.97 Å². The van der Waals surface area contributed by atoms with Crippen molar-refractivity contribution in [1.82, 2.24) is 14.1 Å². The van der Waals surface area contributed by atoms with Crippen molar-refractivity contribution >= 4 is 16.0 Å². The van der Waals surface area contributed by atoms with Gasteiger partial charge in [0.05, 0.1) is 36.6 Å². The van der Waals surface area contributed by atoms with Crippen molar-refractivity contribution < 1.29 is 23.1 Å². The molecule has 1 aliphatic heterocycles. The minimum atomic E-state index is -3.82. The van der Waals surface area contributed by atoms with E-state index in [2.05, 4.69) is 5.10 Å². The highest BCUT2D eigenvalue weighted by molar-refractivity contribution is 7.89. The van der Waals surface area contributed by atoms with Crippen LogP contribution in [0, 0.1) is 19.8 Å². The number of hydrogen-bond acceptors (Lipinski definition) is 5. The van der Waals surface area contributed by atoms with E-state index in [-0.39, 0.29) is 18.1 Å². The highest BCUT2D eigenvalue weighted by Gasteiger charge is 2.42. The standard InChI is InChI=1S/C12H19N3O5S/c1-7-11(8(2)14(3)13-7)21(18,19)15(4)10-6-20-5-9(10)12(16)17/h9-10H,5-6H2,1-4H3,(H,16,17). The van der Waals surface area contributed by atoms with E-state index in [1.165, 1.54) is 11.7 Å². The van der Waals surface area contributed by atoms with Gasteiger partial charge in [-0.1, -0.05) is 0 Å². The van der Waals surface area contributed by atoms with E-state index >= 15 is 0 Å². The zero-order valence-corrected chi connectivity index (χ0v) is 13.2. The normalized spacial score (nSPS) is 22.9. The van der Waals surface area contributed by atoms with Crippen molar-refractivity contribution in [3.05, 3.63) is 11.4 Å². The Morgan fingerprint density at radius 2 is 2.05 bits per heavy atom. The van der Waals surface area contributed by atoms with Crippen molar-refractivity contribution in [2.45, 2.75) is 24.8 Å². The van der Waals surface area contributed by atoms with E-state index in [1.54, 1.807) is 20.9 Å². The molecule has 2 unspecified atom stereocenters. The number of carboxylic acid groups (broad SMARTS) is 1. The third-order valence-electron chi connectivity index (χ3n) is 3.91. The molecule has 8 nitrogen and oxygen atoms in total. The Kier molecular flexibility index (Phi) is 4.09. The van der Waals surface area contributed by atoms with Crippen molar-refractivity contribution in [1.29, 1.82) is 0 Å². The summed E-state index contributed by atoms with van der Waals surface area (Å²) in [7, 11) is -0.771. The van der Waals surface area contributed by atoms with Gasteiger partial charge in [-0.3, -0.25) is 9.48 Å². The highest BCUT2D eigenvalue weighted by Crippen LogP contribution is 2.28. The molecule has 1 aromatic rings. The van der Waals surface area contributed by atoms with Gasteiger partial charge in [0.2, 0.25) is 10.0 Å². The molecule has 9 heteroatoms. The first-order valence-corrected chi connectivity index (χ1v) is 7.90. The smallest absolute Gasteiger partial charge is 0.310 e. The van der Waals surface area contributed by atoms with Crippen LogP contribution in [-0.2, 0) is 26.6 Å². The monoisotopic (exact) mass is 317 g/mol. The van der Waals surface area contributed by atoms with E-state index in [0.29, 0.717) is 11.4 Å². The molecule has 0 radical (unpaired) electrons. The average Bonchev–Trinajstić information content (AvgIpc) is 2.94. The summed E-state index contributed by atoms with van der Waals surface area (Å²) in [5, 5.41) is 13.3. The number of rotatable bonds is 4. The van der Waals surface area contributed by atoms with Crippen LogP contribution in [0.5, 0.6) is 0 Å². The van der Waals surface area contributed by atoms with Gasteiger partial charge in [-0.15, -0.1) is 0 Å². The fourth-order valence-electron chi connectivity index (χ4n) is 2.59. The number of carboxylic acids is 1. The molecule has 2 heterocycles. The van der Waals surface area contributed by atoms with Gasteiger partial charge in [-0.2, -0.15) is 9.40 Å². The molecule has 0 aromatic carbocycles. The minimum Gasteiger partial charge on any atom is -0.481 e. The third kappa shape index (κ3) is 2.56. The fraction of sp³-hybridized carbons (Fsp3) is 0.667. The van der Waals surface area contributed by atoms with Gasteiger partial charge in [0.1, 0.15) is 4.90 Å². The second kappa shape index (κ2) is 5.39. The van der Waals surface area contributed by atoms with Crippen molar-refractivity contribution in [3.8, 4) is 0 Å². The number of nitrogens with zero attached hydrogens (tertiary/aromatic N) is 3. The van der Waals surface area contributed by atoms with Gasteiger partial charge in [-0.25, -0.2) is 8.42 Å². The lowest BCUT2D eigenvalue weighted by atomic mass is 10.1. The Morgan fingerprint density at radius 1 is 1.43 bits per heavy atom. The molecule has 1 saturated heterocycles. The number of sulfonamides is 1. The van der Waals surface area contributed by atoms with Gasteiger partial charge in [-0.05, 0) is 13.8 Å². The summed E-state index contributed by atoms with van der Waals surface area (Å²) in [6.07, 6.45) is 0. The van der Waals surface area contributed by atoms with E-state index in [0.717, 1.165) is 4.31 Å². The molecule has 118 valence electrons. The number of ether oxygens (including phenoxy) is 1. The number of aliphatic carboxylic acids is 1. The van der Waals surface area contributed by atoms with Gasteiger partial charge in [0.25, 0.3) is 0 Å². The van der Waals surface area contributed by atoms with Crippen LogP contribution in [-0.4, -0.2) is 59.9 Å². The zero-order valence-electron chi connectivity index (χ0n) is 12.4. The Morgan fingerprint density at radius 3 is 2.52 bits per heavy atom. The largest absolute Gasteiger partial charge is 0.481 e. The molecule has 2 rings (SSSR count).